The molecule has 29 heavy (non-hydrogen) atoms. The fraction of sp³-hybridized carbons (Fsp3) is 0.304. The van der Waals surface area contributed by atoms with Crippen molar-refractivity contribution in [1.82, 2.24) is 4.90 Å². The number of hydrogen-bond donors (Lipinski definition) is 0. The minimum absolute atomic E-state index is 0.148. The fourth-order valence-electron chi connectivity index (χ4n) is 3.73. The summed E-state index contributed by atoms with van der Waals surface area (Å²) in [6, 6.07) is 22.0. The van der Waals surface area contributed by atoms with Gasteiger partial charge in [0.1, 0.15) is 0 Å². The molecule has 1 aliphatic heterocycles. The molecule has 2 aromatic carbocycles. The van der Waals surface area contributed by atoms with Crippen LogP contribution in [0.4, 0.5) is 11.4 Å². The van der Waals surface area contributed by atoms with E-state index in [9.17, 15) is 10.1 Å². The topological polar surface area (TPSA) is 49.6 Å². The summed E-state index contributed by atoms with van der Waals surface area (Å²) in [5.41, 5.74) is 2.58. The molecule has 0 bridgehead atoms. The second kappa shape index (κ2) is 9.20. The first kappa shape index (κ1) is 19.6. The van der Waals surface area contributed by atoms with Crippen molar-refractivity contribution in [2.24, 2.45) is 0 Å². The highest BCUT2D eigenvalue weighted by atomic mass is 32.1. The van der Waals surface area contributed by atoms with Gasteiger partial charge in [-0.05, 0) is 36.2 Å². The Kier molecular flexibility index (Phi) is 6.22. The SMILES string of the molecule is O=[N+]([O-])c1ccc(N2CCN(CCc3ccc(Cc4ccccc4)s3)CC2)cc1. The average molecular weight is 408 g/mol. The summed E-state index contributed by atoms with van der Waals surface area (Å²) in [5.74, 6) is 0. The van der Waals surface area contributed by atoms with Crippen LogP contribution >= 0.6 is 11.3 Å². The summed E-state index contributed by atoms with van der Waals surface area (Å²) >= 11 is 1.93. The van der Waals surface area contributed by atoms with Crippen molar-refractivity contribution in [2.45, 2.75) is 12.8 Å². The van der Waals surface area contributed by atoms with Gasteiger partial charge in [0.15, 0.2) is 0 Å². The Hall–Kier alpha value is -2.70. The molecule has 0 saturated carbocycles. The molecule has 1 aliphatic rings. The van der Waals surface area contributed by atoms with E-state index in [0.29, 0.717) is 0 Å². The number of nitro groups is 1. The summed E-state index contributed by atoms with van der Waals surface area (Å²) in [6.45, 7) is 5.06. The highest BCUT2D eigenvalue weighted by molar-refractivity contribution is 7.12. The van der Waals surface area contributed by atoms with E-state index in [1.54, 1.807) is 12.1 Å². The lowest BCUT2D eigenvalue weighted by molar-refractivity contribution is -0.384. The number of nitrogens with zero attached hydrogens (tertiary/aromatic N) is 3. The number of non-ortho nitro benzene ring substituents is 1. The van der Waals surface area contributed by atoms with E-state index < -0.39 is 0 Å². The van der Waals surface area contributed by atoms with Gasteiger partial charge < -0.3 is 4.90 Å². The van der Waals surface area contributed by atoms with Gasteiger partial charge in [-0.1, -0.05) is 30.3 Å². The second-order valence-electron chi connectivity index (χ2n) is 7.38. The molecule has 0 spiro atoms. The molecule has 0 aliphatic carbocycles. The Balaban J connectivity index is 1.23. The number of benzene rings is 2. The molecule has 0 atom stereocenters. The van der Waals surface area contributed by atoms with Crippen molar-refractivity contribution in [3.63, 3.8) is 0 Å². The molecule has 2 heterocycles. The van der Waals surface area contributed by atoms with Crippen molar-refractivity contribution in [3.05, 3.63) is 92.2 Å². The first-order chi connectivity index (χ1) is 14.2. The molecule has 1 saturated heterocycles. The summed E-state index contributed by atoms with van der Waals surface area (Å²) in [4.78, 5) is 18.1. The molecule has 5 nitrogen and oxygen atoms in total. The van der Waals surface area contributed by atoms with Gasteiger partial charge in [-0.25, -0.2) is 0 Å². The molecule has 0 N–H and O–H groups in total. The summed E-state index contributed by atoms with van der Waals surface area (Å²) < 4.78 is 0. The monoisotopic (exact) mass is 407 g/mol. The zero-order valence-corrected chi connectivity index (χ0v) is 17.2. The van der Waals surface area contributed by atoms with Gasteiger partial charge in [0.05, 0.1) is 4.92 Å². The molecule has 1 fully saturated rings. The molecule has 4 rings (SSSR count). The van der Waals surface area contributed by atoms with Gasteiger partial charge in [0, 0.05) is 66.7 Å². The molecule has 150 valence electrons. The number of anilines is 1. The Morgan fingerprint density at radius 1 is 0.862 bits per heavy atom. The predicted molar refractivity (Wildman–Crippen MR) is 119 cm³/mol. The summed E-state index contributed by atoms with van der Waals surface area (Å²) in [5, 5.41) is 10.8. The molecule has 1 aromatic heterocycles. The van der Waals surface area contributed by atoms with E-state index in [1.807, 2.05) is 23.5 Å². The minimum Gasteiger partial charge on any atom is -0.369 e. The number of thiophene rings is 1. The van der Waals surface area contributed by atoms with Crippen LogP contribution in [0.2, 0.25) is 0 Å². The van der Waals surface area contributed by atoms with Crippen LogP contribution in [0.5, 0.6) is 0 Å². The number of piperazine rings is 1. The quantitative estimate of drug-likeness (QED) is 0.424. The lowest BCUT2D eigenvalue weighted by atomic mass is 10.1. The van der Waals surface area contributed by atoms with E-state index in [4.69, 9.17) is 0 Å². The van der Waals surface area contributed by atoms with E-state index >= 15 is 0 Å². The Morgan fingerprint density at radius 2 is 1.55 bits per heavy atom. The standard InChI is InChI=1S/C23H25N3O2S/c27-26(28)21-8-6-20(7-9-21)25-16-14-24(15-17-25)13-12-22-10-11-23(29-22)18-19-4-2-1-3-5-19/h1-11H,12-18H2. The third kappa shape index (κ3) is 5.22. The highest BCUT2D eigenvalue weighted by Gasteiger charge is 2.18. The van der Waals surface area contributed by atoms with Crippen LogP contribution in [-0.2, 0) is 12.8 Å². The molecule has 0 unspecified atom stereocenters. The normalized spacial score (nSPS) is 14.8. The highest BCUT2D eigenvalue weighted by Crippen LogP contribution is 2.22. The molecule has 6 heteroatoms. The van der Waals surface area contributed by atoms with Crippen LogP contribution in [0.25, 0.3) is 0 Å². The van der Waals surface area contributed by atoms with Crippen LogP contribution in [-0.4, -0.2) is 42.5 Å². The Bertz CT molecular complexity index is 932. The zero-order valence-electron chi connectivity index (χ0n) is 16.4. The van der Waals surface area contributed by atoms with Gasteiger partial charge in [0.2, 0.25) is 0 Å². The first-order valence-electron chi connectivity index (χ1n) is 10.0. The van der Waals surface area contributed by atoms with Gasteiger partial charge in [0.25, 0.3) is 5.69 Å². The molecular formula is C23H25N3O2S. The van der Waals surface area contributed by atoms with E-state index in [2.05, 4.69) is 52.3 Å². The van der Waals surface area contributed by atoms with Crippen LogP contribution in [0.3, 0.4) is 0 Å². The third-order valence-corrected chi connectivity index (χ3v) is 6.56. The minimum atomic E-state index is -0.350. The van der Waals surface area contributed by atoms with Crippen LogP contribution in [0.15, 0.2) is 66.7 Å². The van der Waals surface area contributed by atoms with Gasteiger partial charge >= 0.3 is 0 Å². The van der Waals surface area contributed by atoms with E-state index in [1.165, 1.54) is 15.3 Å². The van der Waals surface area contributed by atoms with Crippen molar-refractivity contribution >= 4 is 22.7 Å². The van der Waals surface area contributed by atoms with Crippen LogP contribution in [0, 0.1) is 10.1 Å². The van der Waals surface area contributed by atoms with Crippen molar-refractivity contribution in [3.8, 4) is 0 Å². The van der Waals surface area contributed by atoms with E-state index in [-0.39, 0.29) is 10.6 Å². The summed E-state index contributed by atoms with van der Waals surface area (Å²) in [6.07, 6.45) is 2.11. The lowest BCUT2D eigenvalue weighted by Gasteiger charge is -2.36. The third-order valence-electron chi connectivity index (χ3n) is 5.41. The number of hydrogen-bond acceptors (Lipinski definition) is 5. The Labute approximate surface area is 175 Å². The fourth-order valence-corrected chi connectivity index (χ4v) is 4.77. The van der Waals surface area contributed by atoms with Crippen LogP contribution < -0.4 is 4.90 Å². The summed E-state index contributed by atoms with van der Waals surface area (Å²) in [7, 11) is 0. The zero-order chi connectivity index (χ0) is 20.1. The Morgan fingerprint density at radius 3 is 2.24 bits per heavy atom. The molecule has 3 aromatic rings. The van der Waals surface area contributed by atoms with Gasteiger partial charge in [-0.3, -0.25) is 15.0 Å². The van der Waals surface area contributed by atoms with Crippen molar-refractivity contribution in [1.29, 1.82) is 0 Å². The predicted octanol–water partition coefficient (Wildman–Crippen LogP) is 4.61. The van der Waals surface area contributed by atoms with Crippen molar-refractivity contribution < 1.29 is 4.92 Å². The maximum atomic E-state index is 10.8. The maximum Gasteiger partial charge on any atom is 0.269 e. The van der Waals surface area contributed by atoms with Gasteiger partial charge in [-0.2, -0.15) is 0 Å². The van der Waals surface area contributed by atoms with Crippen LogP contribution in [0.1, 0.15) is 15.3 Å². The molecule has 0 amide bonds. The smallest absolute Gasteiger partial charge is 0.269 e. The second-order valence-corrected chi connectivity index (χ2v) is 8.64. The maximum absolute atomic E-state index is 10.8. The largest absolute Gasteiger partial charge is 0.369 e. The average Bonchev–Trinajstić information content (AvgIpc) is 3.21. The van der Waals surface area contributed by atoms with Gasteiger partial charge in [-0.15, -0.1) is 11.3 Å². The van der Waals surface area contributed by atoms with Crippen molar-refractivity contribution in [2.75, 3.05) is 37.6 Å². The lowest BCUT2D eigenvalue weighted by Crippen LogP contribution is -2.46. The van der Waals surface area contributed by atoms with E-state index in [0.717, 1.165) is 51.3 Å². The first-order valence-corrected chi connectivity index (χ1v) is 10.8. The molecular weight excluding hydrogens is 382 g/mol. The molecule has 0 radical (unpaired) electrons. The number of nitro benzene ring substituents is 1. The number of rotatable bonds is 7.